The van der Waals surface area contributed by atoms with Crippen LogP contribution in [-0.4, -0.2) is 77.7 Å². The molecule has 18 heavy (non-hydrogen) atoms. The first-order chi connectivity index (χ1) is 8.69. The minimum atomic E-state index is -0.858. The van der Waals surface area contributed by atoms with Gasteiger partial charge >= 0.3 is 0 Å². The van der Waals surface area contributed by atoms with Crippen LogP contribution in [0.1, 0.15) is 0 Å². The molecule has 0 radical (unpaired) electrons. The van der Waals surface area contributed by atoms with Crippen LogP contribution in [0.5, 0.6) is 0 Å². The maximum Gasteiger partial charge on any atom is 0.186 e. The minimum Gasteiger partial charge on any atom is -0.387 e. The molecule has 1 heterocycles. The summed E-state index contributed by atoms with van der Waals surface area (Å²) >= 11 is 0. The third-order valence-corrected chi connectivity index (χ3v) is 2.83. The van der Waals surface area contributed by atoms with Crippen LogP contribution in [-0.2, 0) is 28.4 Å². The first-order valence-corrected chi connectivity index (χ1v) is 5.68. The molecule has 0 bridgehead atoms. The highest BCUT2D eigenvalue weighted by molar-refractivity contribution is 4.91. The van der Waals surface area contributed by atoms with Crippen molar-refractivity contribution >= 4 is 0 Å². The lowest BCUT2D eigenvalue weighted by atomic mass is 9.99. The summed E-state index contributed by atoms with van der Waals surface area (Å²) in [6.45, 7) is 0.313. The smallest absolute Gasteiger partial charge is 0.186 e. The van der Waals surface area contributed by atoms with Gasteiger partial charge in [0.1, 0.15) is 31.2 Å². The van der Waals surface area contributed by atoms with Gasteiger partial charge in [-0.15, -0.1) is 0 Å². The van der Waals surface area contributed by atoms with E-state index in [-0.39, 0.29) is 13.4 Å². The standard InChI is InChI=1S/C11H22O7/c1-13-5-7-8(12)9(15-3)10(17-6-14-2)11(16-4)18-7/h7-12H,5-6H2,1-4H3. The van der Waals surface area contributed by atoms with Crippen LogP contribution in [0.25, 0.3) is 0 Å². The summed E-state index contributed by atoms with van der Waals surface area (Å²) in [6.07, 6.45) is -3.16. The van der Waals surface area contributed by atoms with Crippen LogP contribution in [0, 0.1) is 0 Å². The molecule has 0 aromatic rings. The van der Waals surface area contributed by atoms with Gasteiger partial charge < -0.3 is 33.5 Å². The van der Waals surface area contributed by atoms with Gasteiger partial charge in [-0.2, -0.15) is 0 Å². The summed E-state index contributed by atoms with van der Waals surface area (Å²) in [5.74, 6) is 0. The number of aliphatic hydroxyl groups excluding tert-OH is 1. The van der Waals surface area contributed by atoms with Gasteiger partial charge in [0, 0.05) is 28.4 Å². The average Bonchev–Trinajstić information content (AvgIpc) is 2.39. The van der Waals surface area contributed by atoms with Gasteiger partial charge in [0.25, 0.3) is 0 Å². The molecule has 1 saturated heterocycles. The molecular weight excluding hydrogens is 244 g/mol. The molecule has 0 saturated carbocycles. The molecule has 0 spiro atoms. The molecule has 0 aromatic heterocycles. The second kappa shape index (κ2) is 8.00. The van der Waals surface area contributed by atoms with Crippen LogP contribution >= 0.6 is 0 Å². The highest BCUT2D eigenvalue weighted by Crippen LogP contribution is 2.26. The Morgan fingerprint density at radius 2 is 1.72 bits per heavy atom. The Labute approximate surface area is 107 Å². The minimum absolute atomic E-state index is 0.0649. The van der Waals surface area contributed by atoms with Crippen molar-refractivity contribution in [2.24, 2.45) is 0 Å². The molecule has 1 N–H and O–H groups in total. The molecule has 0 aliphatic carbocycles. The summed E-state index contributed by atoms with van der Waals surface area (Å²) in [4.78, 5) is 0. The molecule has 1 rings (SSSR count). The quantitative estimate of drug-likeness (QED) is 0.615. The molecule has 5 unspecified atom stereocenters. The van der Waals surface area contributed by atoms with Gasteiger partial charge in [-0.3, -0.25) is 0 Å². The van der Waals surface area contributed by atoms with Crippen molar-refractivity contribution in [1.29, 1.82) is 0 Å². The maximum atomic E-state index is 10.1. The molecule has 0 amide bonds. The Morgan fingerprint density at radius 1 is 1.00 bits per heavy atom. The highest BCUT2D eigenvalue weighted by atomic mass is 16.7. The van der Waals surface area contributed by atoms with E-state index in [4.69, 9.17) is 28.4 Å². The van der Waals surface area contributed by atoms with Crippen LogP contribution in [0.4, 0.5) is 0 Å². The van der Waals surface area contributed by atoms with E-state index in [1.165, 1.54) is 28.4 Å². The Morgan fingerprint density at radius 3 is 2.22 bits per heavy atom. The number of aliphatic hydroxyl groups is 1. The summed E-state index contributed by atoms with van der Waals surface area (Å²) in [6, 6.07) is 0. The predicted octanol–water partition coefficient (Wildman–Crippen LogP) is -0.631. The van der Waals surface area contributed by atoms with Crippen molar-refractivity contribution < 1.29 is 33.5 Å². The Kier molecular flexibility index (Phi) is 7.02. The lowest BCUT2D eigenvalue weighted by molar-refractivity contribution is -0.317. The van der Waals surface area contributed by atoms with Gasteiger partial charge in [-0.1, -0.05) is 0 Å². The zero-order valence-corrected chi connectivity index (χ0v) is 11.2. The number of hydrogen-bond donors (Lipinski definition) is 1. The zero-order valence-electron chi connectivity index (χ0n) is 11.2. The Bertz CT molecular complexity index is 225. The van der Waals surface area contributed by atoms with Crippen LogP contribution < -0.4 is 0 Å². The number of ether oxygens (including phenoxy) is 6. The molecule has 7 nitrogen and oxygen atoms in total. The van der Waals surface area contributed by atoms with Crippen LogP contribution in [0.2, 0.25) is 0 Å². The summed E-state index contributed by atoms with van der Waals surface area (Å²) in [5.41, 5.74) is 0. The van der Waals surface area contributed by atoms with E-state index in [9.17, 15) is 5.11 Å². The van der Waals surface area contributed by atoms with Crippen molar-refractivity contribution in [3.8, 4) is 0 Å². The fourth-order valence-corrected chi connectivity index (χ4v) is 1.98. The van der Waals surface area contributed by atoms with Crippen LogP contribution in [0.15, 0.2) is 0 Å². The van der Waals surface area contributed by atoms with E-state index >= 15 is 0 Å². The Balaban J connectivity index is 2.74. The van der Waals surface area contributed by atoms with Gasteiger partial charge in [-0.25, -0.2) is 0 Å². The molecular formula is C11H22O7. The number of hydrogen-bond acceptors (Lipinski definition) is 7. The highest BCUT2D eigenvalue weighted by Gasteiger charge is 2.46. The van der Waals surface area contributed by atoms with Crippen LogP contribution in [0.3, 0.4) is 0 Å². The molecule has 0 aromatic carbocycles. The van der Waals surface area contributed by atoms with E-state index in [1.54, 1.807) is 0 Å². The third-order valence-electron chi connectivity index (χ3n) is 2.83. The summed E-state index contributed by atoms with van der Waals surface area (Å²) in [5, 5.41) is 10.1. The summed E-state index contributed by atoms with van der Waals surface area (Å²) < 4.78 is 31.3. The SMILES string of the molecule is COCOC1C(OC)OC(COC)C(O)C1OC. The second-order valence-electron chi connectivity index (χ2n) is 3.96. The number of rotatable bonds is 7. The first kappa shape index (κ1) is 15.8. The van der Waals surface area contributed by atoms with Gasteiger partial charge in [-0.05, 0) is 0 Å². The summed E-state index contributed by atoms with van der Waals surface area (Å²) in [7, 11) is 6.05. The van der Waals surface area contributed by atoms with E-state index in [1.807, 2.05) is 0 Å². The Hall–Kier alpha value is -0.280. The van der Waals surface area contributed by atoms with E-state index in [2.05, 4.69) is 0 Å². The number of methoxy groups -OCH3 is 4. The molecule has 7 heteroatoms. The van der Waals surface area contributed by atoms with Gasteiger partial charge in [0.2, 0.25) is 0 Å². The van der Waals surface area contributed by atoms with E-state index in [0.717, 1.165) is 0 Å². The molecule has 5 atom stereocenters. The van der Waals surface area contributed by atoms with Crippen molar-refractivity contribution in [2.45, 2.75) is 30.7 Å². The van der Waals surface area contributed by atoms with Crippen molar-refractivity contribution in [2.75, 3.05) is 41.8 Å². The average molecular weight is 266 g/mol. The van der Waals surface area contributed by atoms with E-state index in [0.29, 0.717) is 0 Å². The zero-order chi connectivity index (χ0) is 13.5. The monoisotopic (exact) mass is 266 g/mol. The van der Waals surface area contributed by atoms with Crippen molar-refractivity contribution in [3.05, 3.63) is 0 Å². The lowest BCUT2D eigenvalue weighted by Gasteiger charge is -2.42. The maximum absolute atomic E-state index is 10.1. The molecule has 1 aliphatic rings. The normalized spacial score (nSPS) is 36.8. The fraction of sp³-hybridized carbons (Fsp3) is 1.00. The predicted molar refractivity (Wildman–Crippen MR) is 61.1 cm³/mol. The fourth-order valence-electron chi connectivity index (χ4n) is 1.98. The molecule has 108 valence electrons. The third kappa shape index (κ3) is 3.61. The lowest BCUT2D eigenvalue weighted by Crippen LogP contribution is -2.60. The van der Waals surface area contributed by atoms with Gasteiger partial charge in [0.15, 0.2) is 6.29 Å². The topological polar surface area (TPSA) is 75.6 Å². The van der Waals surface area contributed by atoms with Crippen molar-refractivity contribution in [3.63, 3.8) is 0 Å². The molecule has 1 aliphatic heterocycles. The first-order valence-electron chi connectivity index (χ1n) is 5.68. The molecule has 1 fully saturated rings. The largest absolute Gasteiger partial charge is 0.387 e. The van der Waals surface area contributed by atoms with Gasteiger partial charge in [0.05, 0.1) is 6.61 Å². The second-order valence-corrected chi connectivity index (χ2v) is 3.96. The van der Waals surface area contributed by atoms with Crippen molar-refractivity contribution in [1.82, 2.24) is 0 Å². The van der Waals surface area contributed by atoms with E-state index < -0.39 is 30.7 Å².